The minimum Gasteiger partial charge on any atom is -0.486 e. The molecular weight excluding hydrogens is 526 g/mol. The number of ketones is 1. The summed E-state index contributed by atoms with van der Waals surface area (Å²) in [5, 5.41) is 3.41. The molecule has 1 aromatic heterocycles. The van der Waals surface area contributed by atoms with Crippen molar-refractivity contribution in [3.05, 3.63) is 52.9 Å². The standard InChI is InChI=1S/C31H37N3O7/c1-19(2)12-21(33-30(36)15-32)16-34-9-3-4-25(34)26(35)18-40-22-6-7-23-28(14-22)41-17-24(31(23)37)20-5-8-27-29(13-20)39-11-10-38-27/h5-8,13-14,17,19,21,25H,3-4,9-12,15-16,18,32H2,1-2H3,(H,33,36). The highest BCUT2D eigenvalue weighted by Gasteiger charge is 2.32. The van der Waals surface area contributed by atoms with Crippen LogP contribution < -0.4 is 30.7 Å². The van der Waals surface area contributed by atoms with Crippen LogP contribution >= 0.6 is 0 Å². The number of hydrogen-bond donors (Lipinski definition) is 2. The predicted octanol–water partition coefficient (Wildman–Crippen LogP) is 3.13. The van der Waals surface area contributed by atoms with Crippen molar-refractivity contribution in [3.63, 3.8) is 0 Å². The lowest BCUT2D eigenvalue weighted by Gasteiger charge is -2.29. The van der Waals surface area contributed by atoms with Crippen molar-refractivity contribution >= 4 is 22.7 Å². The normalized spacial score (nSPS) is 17.5. The molecule has 2 unspecified atom stereocenters. The van der Waals surface area contributed by atoms with Gasteiger partial charge in [-0.15, -0.1) is 0 Å². The number of ether oxygens (including phenoxy) is 3. The molecular formula is C31H37N3O7. The van der Waals surface area contributed by atoms with Crippen LogP contribution in [0.15, 0.2) is 51.9 Å². The SMILES string of the molecule is CC(C)CC(CN1CCCC1C(=O)COc1ccc2c(=O)c(-c3ccc4c(c3)OCCO4)coc2c1)NC(=O)CN. The first-order chi connectivity index (χ1) is 19.8. The zero-order valence-electron chi connectivity index (χ0n) is 23.5. The van der Waals surface area contributed by atoms with Crippen LogP contribution in [0.2, 0.25) is 0 Å². The van der Waals surface area contributed by atoms with Gasteiger partial charge in [-0.05, 0) is 61.6 Å². The van der Waals surface area contributed by atoms with E-state index < -0.39 is 0 Å². The van der Waals surface area contributed by atoms with E-state index in [0.29, 0.717) is 65.0 Å². The maximum Gasteiger partial charge on any atom is 0.233 e. The maximum absolute atomic E-state index is 13.3. The fourth-order valence-electron chi connectivity index (χ4n) is 5.59. The number of hydrogen-bond acceptors (Lipinski definition) is 9. The van der Waals surface area contributed by atoms with Gasteiger partial charge in [-0.25, -0.2) is 0 Å². The highest BCUT2D eigenvalue weighted by Crippen LogP contribution is 2.34. The lowest BCUT2D eigenvalue weighted by Crippen LogP contribution is -2.49. The van der Waals surface area contributed by atoms with E-state index in [-0.39, 0.29) is 42.4 Å². The van der Waals surface area contributed by atoms with Crippen LogP contribution in [0.25, 0.3) is 22.1 Å². The van der Waals surface area contributed by atoms with Gasteiger partial charge < -0.3 is 29.7 Å². The first-order valence-corrected chi connectivity index (χ1v) is 14.2. The van der Waals surface area contributed by atoms with Crippen LogP contribution in [-0.2, 0) is 9.59 Å². The summed E-state index contributed by atoms with van der Waals surface area (Å²) in [6, 6.07) is 9.98. The second kappa shape index (κ2) is 12.7. The topological polar surface area (TPSA) is 133 Å². The van der Waals surface area contributed by atoms with Crippen molar-refractivity contribution < 1.29 is 28.2 Å². The van der Waals surface area contributed by atoms with Crippen LogP contribution in [-0.4, -0.2) is 68.1 Å². The minimum atomic E-state index is -0.272. The van der Waals surface area contributed by atoms with Crippen molar-refractivity contribution in [2.45, 2.75) is 45.2 Å². The molecule has 0 radical (unpaired) electrons. The molecule has 3 N–H and O–H groups in total. The van der Waals surface area contributed by atoms with Gasteiger partial charge >= 0.3 is 0 Å². The number of carbonyl (C=O) groups is 2. The molecule has 2 aliphatic heterocycles. The number of nitrogens with two attached hydrogens (primary N) is 1. The third-order valence-electron chi connectivity index (χ3n) is 7.48. The molecule has 1 amide bonds. The predicted molar refractivity (Wildman–Crippen MR) is 154 cm³/mol. The Morgan fingerprint density at radius 2 is 1.93 bits per heavy atom. The van der Waals surface area contributed by atoms with Gasteiger partial charge in [0.05, 0.1) is 23.5 Å². The maximum atomic E-state index is 13.3. The fraction of sp³-hybridized carbons (Fsp3) is 0.452. The van der Waals surface area contributed by atoms with Crippen LogP contribution in [0, 0.1) is 5.92 Å². The van der Waals surface area contributed by atoms with Gasteiger partial charge in [-0.1, -0.05) is 19.9 Å². The monoisotopic (exact) mass is 563 g/mol. The first-order valence-electron chi connectivity index (χ1n) is 14.2. The summed E-state index contributed by atoms with van der Waals surface area (Å²) in [5.41, 5.74) is 6.79. The number of likely N-dealkylation sites (tertiary alicyclic amines) is 1. The molecule has 0 spiro atoms. The minimum absolute atomic E-state index is 0.0218. The van der Waals surface area contributed by atoms with E-state index in [0.717, 1.165) is 25.8 Å². The lowest BCUT2D eigenvalue weighted by molar-refractivity contribution is -0.125. The Morgan fingerprint density at radius 1 is 1.12 bits per heavy atom. The number of carbonyl (C=O) groups excluding carboxylic acids is 2. The quantitative estimate of drug-likeness (QED) is 0.361. The Kier molecular flexibility index (Phi) is 8.90. The van der Waals surface area contributed by atoms with Gasteiger partial charge in [0.15, 0.2) is 22.7 Å². The zero-order chi connectivity index (χ0) is 28.9. The number of fused-ring (bicyclic) bond motifs is 2. The van der Waals surface area contributed by atoms with Gasteiger partial charge in [0.1, 0.15) is 37.4 Å². The van der Waals surface area contributed by atoms with E-state index >= 15 is 0 Å². The van der Waals surface area contributed by atoms with E-state index in [1.165, 1.54) is 6.26 Å². The lowest BCUT2D eigenvalue weighted by atomic mass is 10.0. The van der Waals surface area contributed by atoms with Crippen LogP contribution in [0.4, 0.5) is 0 Å². The van der Waals surface area contributed by atoms with E-state index in [4.69, 9.17) is 24.4 Å². The van der Waals surface area contributed by atoms with Gasteiger partial charge in [-0.2, -0.15) is 0 Å². The molecule has 0 saturated carbocycles. The molecule has 10 nitrogen and oxygen atoms in total. The molecule has 2 aliphatic rings. The number of nitrogens with zero attached hydrogens (tertiary/aromatic N) is 1. The molecule has 1 saturated heterocycles. The Labute approximate surface area is 238 Å². The van der Waals surface area contributed by atoms with Crippen molar-refractivity contribution in [1.29, 1.82) is 0 Å². The molecule has 2 aromatic carbocycles. The summed E-state index contributed by atoms with van der Waals surface area (Å²) >= 11 is 0. The Morgan fingerprint density at radius 3 is 2.71 bits per heavy atom. The van der Waals surface area contributed by atoms with Crippen LogP contribution in [0.3, 0.4) is 0 Å². The molecule has 0 aliphatic carbocycles. The average molecular weight is 564 g/mol. The summed E-state index contributed by atoms with van der Waals surface area (Å²) in [6.07, 6.45) is 3.88. The van der Waals surface area contributed by atoms with E-state index in [9.17, 15) is 14.4 Å². The third-order valence-corrected chi connectivity index (χ3v) is 7.48. The van der Waals surface area contributed by atoms with E-state index in [1.54, 1.807) is 36.4 Å². The highest BCUT2D eigenvalue weighted by atomic mass is 16.6. The molecule has 41 heavy (non-hydrogen) atoms. The van der Waals surface area contributed by atoms with Crippen molar-refractivity contribution in [2.75, 3.05) is 39.5 Å². The fourth-order valence-corrected chi connectivity index (χ4v) is 5.59. The molecule has 3 aromatic rings. The molecule has 218 valence electrons. The second-order valence-electron chi connectivity index (χ2n) is 11.0. The smallest absolute Gasteiger partial charge is 0.233 e. The third kappa shape index (κ3) is 6.71. The highest BCUT2D eigenvalue weighted by molar-refractivity contribution is 5.86. The summed E-state index contributed by atoms with van der Waals surface area (Å²) < 4.78 is 22.9. The van der Waals surface area contributed by atoms with Gasteiger partial charge in [0.25, 0.3) is 0 Å². The Bertz CT molecular complexity index is 1470. The number of benzene rings is 2. The number of amides is 1. The van der Waals surface area contributed by atoms with Crippen molar-refractivity contribution in [3.8, 4) is 28.4 Å². The molecule has 2 atom stereocenters. The summed E-state index contributed by atoms with van der Waals surface area (Å²) in [4.78, 5) is 40.5. The average Bonchev–Trinajstić information content (AvgIpc) is 3.43. The zero-order valence-corrected chi connectivity index (χ0v) is 23.5. The number of nitrogens with one attached hydrogen (secondary N) is 1. The Balaban J connectivity index is 1.24. The molecule has 1 fully saturated rings. The molecule has 5 rings (SSSR count). The molecule has 0 bridgehead atoms. The largest absolute Gasteiger partial charge is 0.486 e. The number of rotatable bonds is 11. The van der Waals surface area contributed by atoms with Gasteiger partial charge in [0, 0.05) is 18.7 Å². The first kappa shape index (κ1) is 28.6. The number of Topliss-reactive ketones (excluding diaryl/α,β-unsaturated/α-hetero) is 1. The summed E-state index contributed by atoms with van der Waals surface area (Å²) in [5.74, 6) is 1.87. The van der Waals surface area contributed by atoms with E-state index in [1.807, 2.05) is 0 Å². The van der Waals surface area contributed by atoms with E-state index in [2.05, 4.69) is 24.1 Å². The van der Waals surface area contributed by atoms with Gasteiger partial charge in [-0.3, -0.25) is 19.3 Å². The Hall–Kier alpha value is -3.89. The van der Waals surface area contributed by atoms with Crippen LogP contribution in [0.1, 0.15) is 33.1 Å². The van der Waals surface area contributed by atoms with Crippen molar-refractivity contribution in [2.24, 2.45) is 11.7 Å². The van der Waals surface area contributed by atoms with Crippen molar-refractivity contribution in [1.82, 2.24) is 10.2 Å². The van der Waals surface area contributed by atoms with Crippen LogP contribution in [0.5, 0.6) is 17.2 Å². The molecule has 3 heterocycles. The molecule has 10 heteroatoms. The second-order valence-corrected chi connectivity index (χ2v) is 11.0. The summed E-state index contributed by atoms with van der Waals surface area (Å²) in [6.45, 7) is 6.38. The van der Waals surface area contributed by atoms with Gasteiger partial charge in [0.2, 0.25) is 5.91 Å². The summed E-state index contributed by atoms with van der Waals surface area (Å²) in [7, 11) is 0.